The Morgan fingerprint density at radius 1 is 1.30 bits per heavy atom. The zero-order chi connectivity index (χ0) is 16.7. The number of imide groups is 1. The van der Waals surface area contributed by atoms with Crippen LogP contribution in [0.25, 0.3) is 0 Å². The minimum absolute atomic E-state index is 0.0974. The van der Waals surface area contributed by atoms with Crippen molar-refractivity contribution in [2.24, 2.45) is 0 Å². The standard InChI is InChI=1S/C17H24FN3O2/c1-2-3-10-19-17(23)20-16(22)12-21(14-8-9-14)11-13-6-4-5-7-15(13)18/h4-7,14H,2-3,8-12H2,1H3,(H2,19,20,22,23). The third-order valence-corrected chi connectivity index (χ3v) is 3.81. The molecule has 0 spiro atoms. The van der Waals surface area contributed by atoms with E-state index < -0.39 is 6.03 Å². The van der Waals surface area contributed by atoms with Crippen molar-refractivity contribution in [3.8, 4) is 0 Å². The van der Waals surface area contributed by atoms with Crippen LogP contribution in [-0.4, -0.2) is 36.0 Å². The quantitative estimate of drug-likeness (QED) is 0.723. The fourth-order valence-electron chi connectivity index (χ4n) is 2.37. The first kappa shape index (κ1) is 17.4. The molecular weight excluding hydrogens is 297 g/mol. The van der Waals surface area contributed by atoms with Crippen molar-refractivity contribution in [3.63, 3.8) is 0 Å². The second-order valence-corrected chi connectivity index (χ2v) is 5.89. The van der Waals surface area contributed by atoms with E-state index in [0.717, 1.165) is 25.7 Å². The molecule has 0 unspecified atom stereocenters. The Bertz CT molecular complexity index is 546. The summed E-state index contributed by atoms with van der Waals surface area (Å²) < 4.78 is 13.8. The number of carbonyl (C=O) groups excluding carboxylic acids is 2. The van der Waals surface area contributed by atoms with E-state index in [9.17, 15) is 14.0 Å². The summed E-state index contributed by atoms with van der Waals surface area (Å²) in [5.41, 5.74) is 0.569. The number of nitrogens with one attached hydrogen (secondary N) is 2. The van der Waals surface area contributed by atoms with Crippen LogP contribution >= 0.6 is 0 Å². The Kier molecular flexibility index (Phi) is 6.52. The molecule has 2 N–H and O–H groups in total. The minimum Gasteiger partial charge on any atom is -0.338 e. The van der Waals surface area contributed by atoms with Gasteiger partial charge in [0, 0.05) is 24.7 Å². The summed E-state index contributed by atoms with van der Waals surface area (Å²) in [7, 11) is 0. The molecule has 0 saturated heterocycles. The zero-order valence-electron chi connectivity index (χ0n) is 13.5. The van der Waals surface area contributed by atoms with Gasteiger partial charge < -0.3 is 5.32 Å². The number of rotatable bonds is 8. The molecule has 1 aromatic rings. The van der Waals surface area contributed by atoms with Crippen molar-refractivity contribution in [2.75, 3.05) is 13.1 Å². The minimum atomic E-state index is -0.468. The number of nitrogens with zero attached hydrogens (tertiary/aromatic N) is 1. The third-order valence-electron chi connectivity index (χ3n) is 3.81. The molecule has 0 radical (unpaired) electrons. The molecule has 5 nitrogen and oxygen atoms in total. The van der Waals surface area contributed by atoms with E-state index in [0.29, 0.717) is 24.7 Å². The average molecular weight is 321 g/mol. The maximum absolute atomic E-state index is 13.8. The molecule has 2 rings (SSSR count). The van der Waals surface area contributed by atoms with Crippen molar-refractivity contribution >= 4 is 11.9 Å². The molecule has 1 aliphatic rings. The van der Waals surface area contributed by atoms with Crippen LogP contribution in [-0.2, 0) is 11.3 Å². The summed E-state index contributed by atoms with van der Waals surface area (Å²) in [6.45, 7) is 3.06. The molecule has 126 valence electrons. The van der Waals surface area contributed by atoms with E-state index in [2.05, 4.69) is 10.6 Å². The topological polar surface area (TPSA) is 61.4 Å². The highest BCUT2D eigenvalue weighted by atomic mass is 19.1. The van der Waals surface area contributed by atoms with Gasteiger partial charge in [-0.25, -0.2) is 9.18 Å². The highest BCUT2D eigenvalue weighted by molar-refractivity contribution is 5.95. The van der Waals surface area contributed by atoms with Crippen LogP contribution < -0.4 is 10.6 Å². The number of unbranched alkanes of at least 4 members (excludes halogenated alkanes) is 1. The van der Waals surface area contributed by atoms with Crippen LogP contribution in [0.3, 0.4) is 0 Å². The van der Waals surface area contributed by atoms with Crippen molar-refractivity contribution in [2.45, 2.75) is 45.2 Å². The number of halogens is 1. The molecule has 0 bridgehead atoms. The van der Waals surface area contributed by atoms with Gasteiger partial charge in [-0.15, -0.1) is 0 Å². The predicted molar refractivity (Wildman–Crippen MR) is 86.3 cm³/mol. The van der Waals surface area contributed by atoms with Gasteiger partial charge in [-0.05, 0) is 25.3 Å². The molecule has 0 atom stereocenters. The smallest absolute Gasteiger partial charge is 0.321 e. The normalized spacial score (nSPS) is 13.9. The first-order valence-electron chi connectivity index (χ1n) is 8.15. The highest BCUT2D eigenvalue weighted by Crippen LogP contribution is 2.28. The van der Waals surface area contributed by atoms with Crippen molar-refractivity contribution in [1.29, 1.82) is 0 Å². The molecule has 3 amide bonds. The summed E-state index contributed by atoms with van der Waals surface area (Å²) in [5.74, 6) is -0.627. The van der Waals surface area contributed by atoms with Gasteiger partial charge in [0.05, 0.1) is 6.54 Å². The van der Waals surface area contributed by atoms with Crippen LogP contribution in [0.1, 0.15) is 38.2 Å². The van der Waals surface area contributed by atoms with E-state index in [4.69, 9.17) is 0 Å². The van der Waals surface area contributed by atoms with Gasteiger partial charge in [0.25, 0.3) is 0 Å². The Balaban J connectivity index is 1.83. The maximum atomic E-state index is 13.8. The third kappa shape index (κ3) is 5.98. The van der Waals surface area contributed by atoms with Gasteiger partial charge in [0.15, 0.2) is 0 Å². The summed E-state index contributed by atoms with van der Waals surface area (Å²) in [5, 5.41) is 4.97. The largest absolute Gasteiger partial charge is 0.338 e. The lowest BCUT2D eigenvalue weighted by Crippen LogP contribution is -2.45. The van der Waals surface area contributed by atoms with Crippen LogP contribution in [0.15, 0.2) is 24.3 Å². The number of hydrogen-bond donors (Lipinski definition) is 2. The van der Waals surface area contributed by atoms with Gasteiger partial charge in [-0.2, -0.15) is 0 Å². The Labute approximate surface area is 136 Å². The number of hydrogen-bond acceptors (Lipinski definition) is 3. The van der Waals surface area contributed by atoms with E-state index >= 15 is 0 Å². The van der Waals surface area contributed by atoms with Crippen LogP contribution in [0.4, 0.5) is 9.18 Å². The Morgan fingerprint density at radius 2 is 2.04 bits per heavy atom. The fraction of sp³-hybridized carbons (Fsp3) is 0.529. The molecule has 23 heavy (non-hydrogen) atoms. The predicted octanol–water partition coefficient (Wildman–Crippen LogP) is 2.42. The monoisotopic (exact) mass is 321 g/mol. The molecule has 1 aromatic carbocycles. The highest BCUT2D eigenvalue weighted by Gasteiger charge is 2.31. The van der Waals surface area contributed by atoms with Crippen LogP contribution in [0, 0.1) is 5.82 Å². The molecule has 6 heteroatoms. The van der Waals surface area contributed by atoms with Crippen LogP contribution in [0.5, 0.6) is 0 Å². The van der Waals surface area contributed by atoms with E-state index in [-0.39, 0.29) is 18.3 Å². The fourth-order valence-corrected chi connectivity index (χ4v) is 2.37. The summed E-state index contributed by atoms with van der Waals surface area (Å²) in [6, 6.07) is 6.40. The molecule has 0 aromatic heterocycles. The zero-order valence-corrected chi connectivity index (χ0v) is 13.5. The van der Waals surface area contributed by atoms with E-state index in [1.54, 1.807) is 18.2 Å². The average Bonchev–Trinajstić information content (AvgIpc) is 3.33. The first-order valence-corrected chi connectivity index (χ1v) is 8.15. The lowest BCUT2D eigenvalue weighted by molar-refractivity contribution is -0.121. The van der Waals surface area contributed by atoms with Crippen LogP contribution in [0.2, 0.25) is 0 Å². The number of benzene rings is 1. The van der Waals surface area contributed by atoms with E-state index in [1.807, 2.05) is 11.8 Å². The summed E-state index contributed by atoms with van der Waals surface area (Å²) in [4.78, 5) is 25.5. The van der Waals surface area contributed by atoms with Crippen molar-refractivity contribution in [3.05, 3.63) is 35.6 Å². The SMILES string of the molecule is CCCCNC(=O)NC(=O)CN(Cc1ccccc1F)C1CC1. The van der Waals surface area contributed by atoms with Crippen molar-refractivity contribution < 1.29 is 14.0 Å². The molecule has 1 fully saturated rings. The molecule has 1 aliphatic carbocycles. The molecule has 0 heterocycles. The lowest BCUT2D eigenvalue weighted by atomic mass is 10.2. The number of urea groups is 1. The summed E-state index contributed by atoms with van der Waals surface area (Å²) >= 11 is 0. The Morgan fingerprint density at radius 3 is 2.70 bits per heavy atom. The van der Waals surface area contributed by atoms with Gasteiger partial charge in [0.2, 0.25) is 5.91 Å². The number of carbonyl (C=O) groups is 2. The second kappa shape index (κ2) is 8.62. The summed E-state index contributed by atoms with van der Waals surface area (Å²) in [6.07, 6.45) is 3.87. The van der Waals surface area contributed by atoms with E-state index in [1.165, 1.54) is 6.07 Å². The van der Waals surface area contributed by atoms with Crippen molar-refractivity contribution in [1.82, 2.24) is 15.5 Å². The molecular formula is C17H24FN3O2. The lowest BCUT2D eigenvalue weighted by Gasteiger charge is -2.21. The molecule has 1 saturated carbocycles. The van der Waals surface area contributed by atoms with Gasteiger partial charge in [-0.1, -0.05) is 31.5 Å². The first-order chi connectivity index (χ1) is 11.1. The number of amides is 3. The Hall–Kier alpha value is -1.95. The maximum Gasteiger partial charge on any atom is 0.321 e. The van der Waals surface area contributed by atoms with Gasteiger partial charge in [0.1, 0.15) is 5.82 Å². The van der Waals surface area contributed by atoms with Gasteiger partial charge >= 0.3 is 6.03 Å². The molecule has 0 aliphatic heterocycles. The van der Waals surface area contributed by atoms with Gasteiger partial charge in [-0.3, -0.25) is 15.0 Å². The second-order valence-electron chi connectivity index (χ2n) is 5.89.